The molecule has 0 radical (unpaired) electrons. The van der Waals surface area contributed by atoms with Crippen LogP contribution in [0.3, 0.4) is 0 Å². The van der Waals surface area contributed by atoms with Crippen LogP contribution in [0.5, 0.6) is 0 Å². The molecule has 0 saturated heterocycles. The fourth-order valence-electron chi connectivity index (χ4n) is 3.68. The first kappa shape index (κ1) is 20.7. The maximum atomic E-state index is 4.89. The van der Waals surface area contributed by atoms with Gasteiger partial charge in [-0.2, -0.15) is 0 Å². The summed E-state index contributed by atoms with van der Waals surface area (Å²) >= 11 is 0. The number of nitrogens with zero attached hydrogens (tertiary/aromatic N) is 3. The number of rotatable bonds is 4. The molecular formula is C26H29N3. The van der Waals surface area contributed by atoms with Crippen LogP contribution < -0.4 is 0 Å². The minimum atomic E-state index is 0.869. The summed E-state index contributed by atoms with van der Waals surface area (Å²) in [5.41, 5.74) is 11.6. The van der Waals surface area contributed by atoms with Crippen LogP contribution in [0.2, 0.25) is 0 Å². The van der Waals surface area contributed by atoms with Gasteiger partial charge < -0.3 is 0 Å². The second kappa shape index (κ2) is 8.52. The normalized spacial score (nSPS) is 12.4. The average molecular weight is 384 g/mol. The molecule has 0 spiro atoms. The van der Waals surface area contributed by atoms with Gasteiger partial charge in [0, 0.05) is 0 Å². The molecular weight excluding hydrogens is 354 g/mol. The van der Waals surface area contributed by atoms with Gasteiger partial charge in [0.15, 0.2) is 0 Å². The Bertz CT molecular complexity index is 1080. The number of hydrogen-bond donors (Lipinski definition) is 0. The number of benzene rings is 2. The number of pyridine rings is 1. The van der Waals surface area contributed by atoms with Crippen LogP contribution in [0, 0.1) is 34.6 Å². The monoisotopic (exact) mass is 383 g/mol. The largest absolute Gasteiger partial charge is 0.251 e. The first-order chi connectivity index (χ1) is 13.7. The van der Waals surface area contributed by atoms with E-state index in [0.29, 0.717) is 0 Å². The van der Waals surface area contributed by atoms with Crippen molar-refractivity contribution in [2.45, 2.75) is 48.5 Å². The highest BCUT2D eigenvalue weighted by atomic mass is 14.8. The van der Waals surface area contributed by atoms with Crippen molar-refractivity contribution >= 4 is 22.8 Å². The third kappa shape index (κ3) is 5.05. The SMILES string of the molecule is C/C(=N\c1cc(C)cc(C)c1)c1cccc(/C(C)=N/c2c(C)cc(C)cc2C)n1. The van der Waals surface area contributed by atoms with Crippen LogP contribution in [0.25, 0.3) is 0 Å². The summed E-state index contributed by atoms with van der Waals surface area (Å²) in [6.45, 7) is 14.5. The lowest BCUT2D eigenvalue weighted by Gasteiger charge is -2.09. The maximum absolute atomic E-state index is 4.89. The number of aryl methyl sites for hydroxylation is 5. The lowest BCUT2D eigenvalue weighted by molar-refractivity contribution is 1.23. The van der Waals surface area contributed by atoms with Gasteiger partial charge in [-0.3, -0.25) is 9.98 Å². The zero-order chi connectivity index (χ0) is 21.1. The highest BCUT2D eigenvalue weighted by molar-refractivity contribution is 6.02. The van der Waals surface area contributed by atoms with Gasteiger partial charge in [0.2, 0.25) is 0 Å². The zero-order valence-electron chi connectivity index (χ0n) is 18.5. The molecule has 0 aliphatic rings. The molecule has 2 aromatic carbocycles. The van der Waals surface area contributed by atoms with Crippen LogP contribution in [0.4, 0.5) is 11.4 Å². The summed E-state index contributed by atoms with van der Waals surface area (Å²) in [6.07, 6.45) is 0. The minimum absolute atomic E-state index is 0.869. The topological polar surface area (TPSA) is 37.6 Å². The van der Waals surface area contributed by atoms with Gasteiger partial charge in [-0.25, -0.2) is 4.98 Å². The maximum Gasteiger partial charge on any atom is 0.0849 e. The molecule has 1 heterocycles. The Morgan fingerprint density at radius 3 is 1.69 bits per heavy atom. The summed E-state index contributed by atoms with van der Waals surface area (Å²) < 4.78 is 0. The summed E-state index contributed by atoms with van der Waals surface area (Å²) in [4.78, 5) is 14.5. The molecule has 0 aliphatic carbocycles. The molecule has 0 unspecified atom stereocenters. The molecule has 29 heavy (non-hydrogen) atoms. The van der Waals surface area contributed by atoms with Crippen molar-refractivity contribution in [1.29, 1.82) is 0 Å². The van der Waals surface area contributed by atoms with Crippen molar-refractivity contribution in [3.05, 3.63) is 87.7 Å². The van der Waals surface area contributed by atoms with Gasteiger partial charge >= 0.3 is 0 Å². The zero-order valence-corrected chi connectivity index (χ0v) is 18.5. The van der Waals surface area contributed by atoms with Crippen LogP contribution in [0.1, 0.15) is 53.1 Å². The summed E-state index contributed by atoms with van der Waals surface area (Å²) in [6, 6.07) is 16.7. The Labute approximate surface area is 174 Å². The first-order valence-corrected chi connectivity index (χ1v) is 9.97. The molecule has 0 fully saturated rings. The van der Waals surface area contributed by atoms with Gasteiger partial charge in [0.05, 0.1) is 34.2 Å². The van der Waals surface area contributed by atoms with Crippen molar-refractivity contribution in [3.8, 4) is 0 Å². The number of aliphatic imine (C=N–C) groups is 2. The molecule has 148 valence electrons. The van der Waals surface area contributed by atoms with Crippen molar-refractivity contribution in [2.24, 2.45) is 9.98 Å². The fraction of sp³-hybridized carbons (Fsp3) is 0.269. The molecule has 0 bridgehead atoms. The van der Waals surface area contributed by atoms with E-state index in [9.17, 15) is 0 Å². The standard InChI is InChI=1S/C26H29N3/c1-16-11-17(2)15-23(14-16)27-21(6)24-9-8-10-25(29-24)22(7)28-26-19(4)12-18(3)13-20(26)5/h8-15H,1-7H3/b27-21+,28-22+. The van der Waals surface area contributed by atoms with Crippen molar-refractivity contribution in [3.63, 3.8) is 0 Å². The van der Waals surface area contributed by atoms with E-state index in [1.807, 2.05) is 32.0 Å². The molecule has 1 aromatic heterocycles. The van der Waals surface area contributed by atoms with E-state index in [2.05, 4.69) is 65.0 Å². The minimum Gasteiger partial charge on any atom is -0.251 e. The van der Waals surface area contributed by atoms with E-state index in [0.717, 1.165) is 34.2 Å². The van der Waals surface area contributed by atoms with Crippen LogP contribution in [0.15, 0.2) is 58.5 Å². The molecule has 0 aliphatic heterocycles. The van der Waals surface area contributed by atoms with Crippen LogP contribution >= 0.6 is 0 Å². The predicted molar refractivity (Wildman–Crippen MR) is 125 cm³/mol. The molecule has 0 atom stereocenters. The fourth-order valence-corrected chi connectivity index (χ4v) is 3.68. The summed E-state index contributed by atoms with van der Waals surface area (Å²) in [7, 11) is 0. The predicted octanol–water partition coefficient (Wildman–Crippen LogP) is 6.91. The van der Waals surface area contributed by atoms with Gasteiger partial charge in [-0.05, 0) is 95.0 Å². The van der Waals surface area contributed by atoms with E-state index >= 15 is 0 Å². The Balaban J connectivity index is 1.96. The lowest BCUT2D eigenvalue weighted by Crippen LogP contribution is -2.05. The quantitative estimate of drug-likeness (QED) is 0.451. The molecule has 0 amide bonds. The van der Waals surface area contributed by atoms with Gasteiger partial charge in [-0.15, -0.1) is 0 Å². The van der Waals surface area contributed by atoms with E-state index < -0.39 is 0 Å². The van der Waals surface area contributed by atoms with Crippen LogP contribution in [-0.4, -0.2) is 16.4 Å². The Morgan fingerprint density at radius 2 is 1.14 bits per heavy atom. The van der Waals surface area contributed by atoms with Crippen molar-refractivity contribution in [2.75, 3.05) is 0 Å². The van der Waals surface area contributed by atoms with E-state index in [1.54, 1.807) is 0 Å². The Kier molecular flexibility index (Phi) is 6.07. The van der Waals surface area contributed by atoms with Gasteiger partial charge in [0.1, 0.15) is 0 Å². The third-order valence-electron chi connectivity index (χ3n) is 4.91. The molecule has 0 saturated carbocycles. The second-order valence-electron chi connectivity index (χ2n) is 7.90. The van der Waals surface area contributed by atoms with Crippen molar-refractivity contribution < 1.29 is 0 Å². The van der Waals surface area contributed by atoms with Gasteiger partial charge in [-0.1, -0.05) is 29.8 Å². The van der Waals surface area contributed by atoms with E-state index in [1.165, 1.54) is 27.8 Å². The summed E-state index contributed by atoms with van der Waals surface area (Å²) in [5, 5.41) is 0. The van der Waals surface area contributed by atoms with E-state index in [4.69, 9.17) is 15.0 Å². The average Bonchev–Trinajstić information content (AvgIpc) is 2.63. The molecule has 3 heteroatoms. The second-order valence-corrected chi connectivity index (χ2v) is 7.90. The molecule has 3 aromatic rings. The lowest BCUT2D eigenvalue weighted by atomic mass is 10.1. The van der Waals surface area contributed by atoms with Crippen LogP contribution in [-0.2, 0) is 0 Å². The molecule has 0 N–H and O–H groups in total. The Morgan fingerprint density at radius 1 is 0.655 bits per heavy atom. The van der Waals surface area contributed by atoms with Gasteiger partial charge in [0.25, 0.3) is 0 Å². The number of hydrogen-bond acceptors (Lipinski definition) is 3. The summed E-state index contributed by atoms with van der Waals surface area (Å²) in [5.74, 6) is 0. The third-order valence-corrected chi connectivity index (χ3v) is 4.91. The number of aromatic nitrogens is 1. The highest BCUT2D eigenvalue weighted by Gasteiger charge is 2.08. The first-order valence-electron chi connectivity index (χ1n) is 9.97. The molecule has 3 rings (SSSR count). The van der Waals surface area contributed by atoms with Crippen molar-refractivity contribution in [1.82, 2.24) is 4.98 Å². The Hall–Kier alpha value is -3.07. The van der Waals surface area contributed by atoms with E-state index in [-0.39, 0.29) is 0 Å². The highest BCUT2D eigenvalue weighted by Crippen LogP contribution is 2.26. The smallest absolute Gasteiger partial charge is 0.0849 e. The molecule has 3 nitrogen and oxygen atoms in total.